The summed E-state index contributed by atoms with van der Waals surface area (Å²) >= 11 is 0. The lowest BCUT2D eigenvalue weighted by Gasteiger charge is -2.10. The summed E-state index contributed by atoms with van der Waals surface area (Å²) in [5.74, 6) is 0. The van der Waals surface area contributed by atoms with Crippen LogP contribution in [-0.4, -0.2) is 12.6 Å². The average molecular weight is 154 g/mol. The molecule has 0 rings (SSSR count). The summed E-state index contributed by atoms with van der Waals surface area (Å²) in [5, 5.41) is 7.86. The first kappa shape index (κ1) is 9.20. The molecule has 2 N–H and O–H groups in total. The molecule has 0 radical (unpaired) electrons. The number of nitrogens with two attached hydrogens (primary N) is 1. The van der Waals surface area contributed by atoms with Crippen LogP contribution in [-0.2, 0) is 4.74 Å². The molecule has 10 heavy (non-hydrogen) atoms. The van der Waals surface area contributed by atoms with Crippen molar-refractivity contribution in [2.75, 3.05) is 0 Å². The van der Waals surface area contributed by atoms with E-state index < -0.39 is 19.0 Å². The van der Waals surface area contributed by atoms with Crippen LogP contribution in [0.25, 0.3) is 0 Å². The predicted molar refractivity (Wildman–Crippen MR) is 25.3 cm³/mol. The quantitative estimate of drug-likeness (QED) is 0.596. The van der Waals surface area contributed by atoms with Crippen molar-refractivity contribution in [1.82, 2.24) is 0 Å². The third kappa shape index (κ3) is 5.34. The second-order valence-corrected chi connectivity index (χ2v) is 1.46. The maximum atomic E-state index is 11.2. The summed E-state index contributed by atoms with van der Waals surface area (Å²) in [7, 11) is 0. The second kappa shape index (κ2) is 3.39. The summed E-state index contributed by atoms with van der Waals surface area (Å²) < 4.78 is 36.9. The van der Waals surface area contributed by atoms with E-state index >= 15 is 0 Å². The molecule has 0 saturated carbocycles. The van der Waals surface area contributed by atoms with E-state index in [4.69, 9.17) is 11.0 Å². The molecule has 0 aliphatic rings. The van der Waals surface area contributed by atoms with Gasteiger partial charge < -0.3 is 5.73 Å². The number of hydrogen-bond donors (Lipinski definition) is 1. The van der Waals surface area contributed by atoms with E-state index in [1.54, 1.807) is 0 Å². The number of nitrogens with zero attached hydrogens (tertiary/aromatic N) is 1. The summed E-state index contributed by atoms with van der Waals surface area (Å²) in [5.41, 5.74) is 4.71. The fraction of sp³-hybridized carbons (Fsp3) is 0.750. The lowest BCUT2D eigenvalue weighted by atomic mass is 10.4. The number of ether oxygens (including phenoxy) is 1. The average Bonchev–Trinajstić information content (AvgIpc) is 1.59. The van der Waals surface area contributed by atoms with Crippen molar-refractivity contribution in [3.05, 3.63) is 0 Å². The van der Waals surface area contributed by atoms with Crippen LogP contribution in [0, 0.1) is 11.3 Å². The van der Waals surface area contributed by atoms with Crippen molar-refractivity contribution in [3.8, 4) is 6.07 Å². The zero-order valence-electron chi connectivity index (χ0n) is 4.85. The molecule has 58 valence electrons. The van der Waals surface area contributed by atoms with E-state index in [0.29, 0.717) is 0 Å². The molecular weight excluding hydrogens is 149 g/mol. The van der Waals surface area contributed by atoms with E-state index in [-0.39, 0.29) is 0 Å². The highest BCUT2D eigenvalue weighted by atomic mass is 19.4. The smallest absolute Gasteiger partial charge is 0.305 e. The van der Waals surface area contributed by atoms with Crippen molar-refractivity contribution in [2.24, 2.45) is 5.73 Å². The van der Waals surface area contributed by atoms with Crippen LogP contribution in [0.4, 0.5) is 13.2 Å². The molecule has 3 nitrogen and oxygen atoms in total. The van der Waals surface area contributed by atoms with Crippen LogP contribution < -0.4 is 5.73 Å². The van der Waals surface area contributed by atoms with E-state index in [0.717, 1.165) is 0 Å². The van der Waals surface area contributed by atoms with E-state index in [9.17, 15) is 13.2 Å². The Morgan fingerprint density at radius 1 is 1.60 bits per heavy atom. The lowest BCUT2D eigenvalue weighted by Crippen LogP contribution is -2.30. The summed E-state index contributed by atoms with van der Waals surface area (Å²) in [6.07, 6.45) is -6.81. The van der Waals surface area contributed by atoms with Crippen LogP contribution in [0.3, 0.4) is 0 Å². The highest BCUT2D eigenvalue weighted by Crippen LogP contribution is 2.17. The third-order valence-corrected chi connectivity index (χ3v) is 0.577. The molecule has 0 aromatic rings. The number of hydrogen-bond acceptors (Lipinski definition) is 3. The molecule has 0 heterocycles. The van der Waals surface area contributed by atoms with Crippen LogP contribution >= 0.6 is 0 Å². The van der Waals surface area contributed by atoms with E-state index in [1.165, 1.54) is 6.07 Å². The van der Waals surface area contributed by atoms with Crippen LogP contribution in [0.15, 0.2) is 0 Å². The van der Waals surface area contributed by atoms with Gasteiger partial charge in [0.2, 0.25) is 0 Å². The number of halogens is 3. The number of nitriles is 1. The molecule has 0 spiro atoms. The Morgan fingerprint density at radius 3 is 2.40 bits per heavy atom. The monoisotopic (exact) mass is 154 g/mol. The van der Waals surface area contributed by atoms with Gasteiger partial charge in [-0.25, -0.2) is 0 Å². The van der Waals surface area contributed by atoms with Crippen molar-refractivity contribution in [3.63, 3.8) is 0 Å². The van der Waals surface area contributed by atoms with Crippen molar-refractivity contribution < 1.29 is 17.9 Å². The highest BCUT2D eigenvalue weighted by molar-refractivity contribution is 4.72. The molecule has 6 heteroatoms. The zero-order valence-corrected chi connectivity index (χ0v) is 4.85. The van der Waals surface area contributed by atoms with E-state index in [2.05, 4.69) is 4.74 Å². The van der Waals surface area contributed by atoms with Gasteiger partial charge in [-0.3, -0.25) is 4.74 Å². The largest absolute Gasteiger partial charge is 0.524 e. The van der Waals surface area contributed by atoms with Gasteiger partial charge >= 0.3 is 6.36 Å². The van der Waals surface area contributed by atoms with Crippen molar-refractivity contribution >= 4 is 0 Å². The predicted octanol–water partition coefficient (Wildman–Crippen LogP) is 0.721. The topological polar surface area (TPSA) is 59.0 Å². The van der Waals surface area contributed by atoms with Gasteiger partial charge in [-0.1, -0.05) is 0 Å². The minimum absolute atomic E-state index is 0.473. The standard InChI is InChI=1S/C4H5F3N2O/c5-4(6,7)10-3(9)1-2-8/h3H,1,9H2. The van der Waals surface area contributed by atoms with Gasteiger partial charge in [-0.2, -0.15) is 5.26 Å². The third-order valence-electron chi connectivity index (χ3n) is 0.577. The molecule has 0 bridgehead atoms. The molecule has 0 fully saturated rings. The second-order valence-electron chi connectivity index (χ2n) is 1.46. The van der Waals surface area contributed by atoms with Crippen LogP contribution in [0.1, 0.15) is 6.42 Å². The number of rotatable bonds is 2. The Hall–Kier alpha value is -0.800. The SMILES string of the molecule is N#CCC(N)OC(F)(F)F. The van der Waals surface area contributed by atoms with Crippen LogP contribution in [0.5, 0.6) is 0 Å². The van der Waals surface area contributed by atoms with Gasteiger partial charge in [0, 0.05) is 0 Å². The van der Waals surface area contributed by atoms with Gasteiger partial charge in [0.15, 0.2) is 0 Å². The van der Waals surface area contributed by atoms with Crippen molar-refractivity contribution in [2.45, 2.75) is 19.0 Å². The molecule has 0 aliphatic carbocycles. The summed E-state index contributed by atoms with van der Waals surface area (Å²) in [6.45, 7) is 0. The highest BCUT2D eigenvalue weighted by Gasteiger charge is 2.31. The van der Waals surface area contributed by atoms with Gasteiger partial charge in [0.25, 0.3) is 0 Å². The zero-order chi connectivity index (χ0) is 8.20. The first-order valence-electron chi connectivity index (χ1n) is 2.33. The van der Waals surface area contributed by atoms with Crippen LogP contribution in [0.2, 0.25) is 0 Å². The van der Waals surface area contributed by atoms with E-state index in [1.807, 2.05) is 0 Å². The molecule has 0 aromatic carbocycles. The lowest BCUT2D eigenvalue weighted by molar-refractivity contribution is -0.341. The first-order valence-corrected chi connectivity index (χ1v) is 2.33. The molecule has 0 aromatic heterocycles. The van der Waals surface area contributed by atoms with Gasteiger partial charge in [0.05, 0.1) is 12.5 Å². The minimum Gasteiger partial charge on any atom is -0.305 e. The molecule has 0 amide bonds. The molecule has 0 saturated heterocycles. The maximum Gasteiger partial charge on any atom is 0.524 e. The van der Waals surface area contributed by atoms with Gasteiger partial charge in [-0.15, -0.1) is 13.2 Å². The van der Waals surface area contributed by atoms with Gasteiger partial charge in [0.1, 0.15) is 6.23 Å². The Bertz CT molecular complexity index is 138. The maximum absolute atomic E-state index is 11.2. The minimum atomic E-state index is -4.75. The number of alkyl halides is 3. The van der Waals surface area contributed by atoms with Gasteiger partial charge in [-0.05, 0) is 0 Å². The summed E-state index contributed by atoms with van der Waals surface area (Å²) in [4.78, 5) is 0. The molecule has 0 aliphatic heterocycles. The Morgan fingerprint density at radius 2 is 2.10 bits per heavy atom. The Kier molecular flexibility index (Phi) is 3.12. The molecule has 1 unspecified atom stereocenters. The fourth-order valence-electron chi connectivity index (χ4n) is 0.303. The molecule has 1 atom stereocenters. The Labute approximate surface area is 55.2 Å². The molecular formula is C4H5F3N2O. The first-order chi connectivity index (χ1) is 4.45. The summed E-state index contributed by atoms with van der Waals surface area (Å²) in [6, 6.07) is 1.44. The Balaban J connectivity index is 3.60. The fourth-order valence-corrected chi connectivity index (χ4v) is 0.303. The van der Waals surface area contributed by atoms with Crippen molar-refractivity contribution in [1.29, 1.82) is 5.26 Å². The normalized spacial score (nSPS) is 14.3.